The van der Waals surface area contributed by atoms with Crippen molar-refractivity contribution in [3.8, 4) is 0 Å². The third-order valence-electron chi connectivity index (χ3n) is 4.07. The smallest absolute Gasteiger partial charge is 0.211 e. The summed E-state index contributed by atoms with van der Waals surface area (Å²) in [5, 5.41) is 3.53. The van der Waals surface area contributed by atoms with Gasteiger partial charge in [0.15, 0.2) is 0 Å². The Kier molecular flexibility index (Phi) is 5.76. The molecule has 0 aromatic carbocycles. The van der Waals surface area contributed by atoms with E-state index in [2.05, 4.69) is 17.2 Å². The summed E-state index contributed by atoms with van der Waals surface area (Å²) in [7, 11) is -3.07. The number of aromatic nitrogens is 1. The molecule has 2 heterocycles. The van der Waals surface area contributed by atoms with E-state index < -0.39 is 10.0 Å². The highest BCUT2D eigenvalue weighted by molar-refractivity contribution is 7.88. The Morgan fingerprint density at radius 3 is 2.90 bits per heavy atom. The topological polar surface area (TPSA) is 62.3 Å². The summed E-state index contributed by atoms with van der Waals surface area (Å²) in [6.07, 6.45) is 4.34. The lowest BCUT2D eigenvalue weighted by molar-refractivity contribution is 0.239. The van der Waals surface area contributed by atoms with Crippen LogP contribution in [0.3, 0.4) is 0 Å². The molecule has 1 aromatic heterocycles. The van der Waals surface area contributed by atoms with E-state index in [0.717, 1.165) is 31.5 Å². The van der Waals surface area contributed by atoms with Crippen LogP contribution >= 0.6 is 11.3 Å². The highest BCUT2D eigenvalue weighted by Crippen LogP contribution is 2.31. The van der Waals surface area contributed by atoms with Crippen molar-refractivity contribution in [3.05, 3.63) is 16.1 Å². The van der Waals surface area contributed by atoms with Crippen molar-refractivity contribution in [2.45, 2.75) is 39.2 Å². The van der Waals surface area contributed by atoms with Crippen molar-refractivity contribution in [2.24, 2.45) is 5.92 Å². The van der Waals surface area contributed by atoms with E-state index in [1.165, 1.54) is 11.1 Å². The highest BCUT2D eigenvalue weighted by Gasteiger charge is 2.28. The molecular weight excluding hydrogens is 306 g/mol. The van der Waals surface area contributed by atoms with Crippen LogP contribution in [0.15, 0.2) is 5.51 Å². The van der Waals surface area contributed by atoms with E-state index in [4.69, 9.17) is 0 Å². The Morgan fingerprint density at radius 2 is 2.33 bits per heavy atom. The van der Waals surface area contributed by atoms with Crippen LogP contribution in [0, 0.1) is 12.8 Å². The number of nitrogens with one attached hydrogen (secondary N) is 1. The monoisotopic (exact) mass is 331 g/mol. The van der Waals surface area contributed by atoms with Gasteiger partial charge in [0.25, 0.3) is 0 Å². The summed E-state index contributed by atoms with van der Waals surface area (Å²) in [6.45, 7) is 6.37. The minimum absolute atomic E-state index is 0.284. The van der Waals surface area contributed by atoms with Gasteiger partial charge in [0.2, 0.25) is 10.0 Å². The quantitative estimate of drug-likeness (QED) is 0.868. The molecule has 1 N–H and O–H groups in total. The molecule has 5 nitrogen and oxygen atoms in total. The van der Waals surface area contributed by atoms with Crippen molar-refractivity contribution in [2.75, 3.05) is 25.9 Å². The lowest BCUT2D eigenvalue weighted by Gasteiger charge is -2.33. The molecule has 2 unspecified atom stereocenters. The Bertz CT molecular complexity index is 556. The standard InChI is InChI=1S/C14H25N3O2S2/c1-4-15-13(14-11(2)16-10-20-14)8-12-6-5-7-17(9-12)21(3,18)19/h10,12-13,15H,4-9H2,1-3H3. The number of hydrogen-bond acceptors (Lipinski definition) is 5. The number of sulfonamides is 1. The Hall–Kier alpha value is -0.500. The molecule has 1 saturated heterocycles. The first-order valence-electron chi connectivity index (χ1n) is 7.50. The Labute approximate surface area is 131 Å². The van der Waals surface area contributed by atoms with Gasteiger partial charge in [-0.05, 0) is 38.6 Å². The zero-order valence-electron chi connectivity index (χ0n) is 13.0. The average Bonchev–Trinajstić information content (AvgIpc) is 2.84. The fourth-order valence-corrected chi connectivity index (χ4v) is 4.86. The SMILES string of the molecule is CCNC(CC1CCCN(S(C)(=O)=O)C1)c1scnc1C. The van der Waals surface area contributed by atoms with Crippen LogP contribution in [0.5, 0.6) is 0 Å². The maximum atomic E-state index is 11.7. The molecule has 2 atom stereocenters. The van der Waals surface area contributed by atoms with Gasteiger partial charge in [-0.1, -0.05) is 6.92 Å². The van der Waals surface area contributed by atoms with Crippen molar-refractivity contribution < 1.29 is 8.42 Å². The van der Waals surface area contributed by atoms with Gasteiger partial charge in [-0.2, -0.15) is 0 Å². The van der Waals surface area contributed by atoms with Crippen LogP contribution in [0.25, 0.3) is 0 Å². The van der Waals surface area contributed by atoms with Gasteiger partial charge in [0.05, 0.1) is 17.5 Å². The molecular formula is C14H25N3O2S2. The maximum Gasteiger partial charge on any atom is 0.211 e. The van der Waals surface area contributed by atoms with Crippen molar-refractivity contribution in [3.63, 3.8) is 0 Å². The summed E-state index contributed by atoms with van der Waals surface area (Å²) < 4.78 is 25.1. The predicted octanol–water partition coefficient (Wildman–Crippen LogP) is 2.16. The summed E-state index contributed by atoms with van der Waals surface area (Å²) >= 11 is 1.69. The minimum Gasteiger partial charge on any atom is -0.309 e. The second-order valence-corrected chi connectivity index (χ2v) is 8.65. The average molecular weight is 332 g/mol. The van der Waals surface area contributed by atoms with Crippen molar-refractivity contribution in [1.82, 2.24) is 14.6 Å². The lowest BCUT2D eigenvalue weighted by Crippen LogP contribution is -2.40. The van der Waals surface area contributed by atoms with Crippen molar-refractivity contribution >= 4 is 21.4 Å². The number of aryl methyl sites for hydroxylation is 1. The molecule has 0 saturated carbocycles. The van der Waals surface area contributed by atoms with E-state index in [1.54, 1.807) is 15.6 Å². The van der Waals surface area contributed by atoms with E-state index in [1.807, 2.05) is 12.4 Å². The fraction of sp³-hybridized carbons (Fsp3) is 0.786. The van der Waals surface area contributed by atoms with Crippen molar-refractivity contribution in [1.29, 1.82) is 0 Å². The molecule has 0 bridgehead atoms. The van der Waals surface area contributed by atoms with E-state index in [-0.39, 0.29) is 6.04 Å². The molecule has 2 rings (SSSR count). The summed E-state index contributed by atoms with van der Waals surface area (Å²) in [6, 6.07) is 0.284. The number of rotatable bonds is 6. The predicted molar refractivity (Wildman–Crippen MR) is 87.0 cm³/mol. The number of thiazole rings is 1. The van der Waals surface area contributed by atoms with Crippen LogP contribution in [0.2, 0.25) is 0 Å². The third-order valence-corrected chi connectivity index (χ3v) is 6.38. The first-order valence-corrected chi connectivity index (χ1v) is 10.2. The molecule has 1 fully saturated rings. The van der Waals surface area contributed by atoms with Gasteiger partial charge in [-0.25, -0.2) is 17.7 Å². The van der Waals surface area contributed by atoms with Gasteiger partial charge < -0.3 is 5.32 Å². The number of nitrogens with zero attached hydrogens (tertiary/aromatic N) is 2. The van der Waals surface area contributed by atoms with Gasteiger partial charge in [0.1, 0.15) is 0 Å². The van der Waals surface area contributed by atoms with Crippen LogP contribution < -0.4 is 5.32 Å². The van der Waals surface area contributed by atoms with Crippen LogP contribution in [0.4, 0.5) is 0 Å². The Balaban J connectivity index is 2.05. The molecule has 1 aliphatic rings. The molecule has 120 valence electrons. The van der Waals surface area contributed by atoms with Crippen LogP contribution in [-0.4, -0.2) is 43.6 Å². The zero-order valence-corrected chi connectivity index (χ0v) is 14.6. The highest BCUT2D eigenvalue weighted by atomic mass is 32.2. The molecule has 1 aromatic rings. The number of hydrogen-bond donors (Lipinski definition) is 1. The van der Waals surface area contributed by atoms with Gasteiger partial charge in [-0.3, -0.25) is 0 Å². The molecule has 0 amide bonds. The largest absolute Gasteiger partial charge is 0.309 e. The number of piperidine rings is 1. The van der Waals surface area contributed by atoms with Gasteiger partial charge >= 0.3 is 0 Å². The molecule has 0 radical (unpaired) electrons. The molecule has 21 heavy (non-hydrogen) atoms. The summed E-state index contributed by atoms with van der Waals surface area (Å²) in [5.74, 6) is 0.416. The summed E-state index contributed by atoms with van der Waals surface area (Å²) in [4.78, 5) is 5.62. The third kappa shape index (κ3) is 4.48. The zero-order chi connectivity index (χ0) is 15.5. The van der Waals surface area contributed by atoms with E-state index in [9.17, 15) is 8.42 Å². The Morgan fingerprint density at radius 1 is 1.57 bits per heavy atom. The molecule has 7 heteroatoms. The van der Waals surface area contributed by atoms with E-state index >= 15 is 0 Å². The lowest BCUT2D eigenvalue weighted by atomic mass is 9.91. The van der Waals surface area contributed by atoms with E-state index in [0.29, 0.717) is 19.0 Å². The maximum absolute atomic E-state index is 11.7. The van der Waals surface area contributed by atoms with Crippen LogP contribution in [-0.2, 0) is 10.0 Å². The van der Waals surface area contributed by atoms with Gasteiger partial charge in [0, 0.05) is 24.0 Å². The van der Waals surface area contributed by atoms with Crippen LogP contribution in [0.1, 0.15) is 42.8 Å². The normalized spacial score (nSPS) is 22.3. The minimum atomic E-state index is -3.07. The second-order valence-electron chi connectivity index (χ2n) is 5.78. The first kappa shape index (κ1) is 16.9. The first-order chi connectivity index (χ1) is 9.91. The molecule has 1 aliphatic heterocycles. The fourth-order valence-electron chi connectivity index (χ4n) is 3.03. The molecule has 0 spiro atoms. The second kappa shape index (κ2) is 7.17. The molecule has 0 aliphatic carbocycles. The summed E-state index contributed by atoms with van der Waals surface area (Å²) in [5.41, 5.74) is 2.97. The van der Waals surface area contributed by atoms with Gasteiger partial charge in [-0.15, -0.1) is 11.3 Å².